The Balaban J connectivity index is 0.00000242. The number of allylic oxidation sites excluding steroid dienone is 1. The van der Waals surface area contributed by atoms with Gasteiger partial charge in [-0.15, -0.1) is 12.4 Å². The number of carbonyl (C=O) groups is 1. The van der Waals surface area contributed by atoms with E-state index in [9.17, 15) is 4.79 Å². The summed E-state index contributed by atoms with van der Waals surface area (Å²) in [6.45, 7) is 2.45. The number of benzene rings is 1. The lowest BCUT2D eigenvalue weighted by Crippen LogP contribution is -2.34. The molecule has 3 N–H and O–H groups in total. The summed E-state index contributed by atoms with van der Waals surface area (Å²) < 4.78 is 5.19. The Morgan fingerprint density at radius 1 is 1.36 bits per heavy atom. The third-order valence-corrected chi connectivity index (χ3v) is 3.35. The molecule has 0 aliphatic carbocycles. The van der Waals surface area contributed by atoms with Crippen molar-refractivity contribution in [3.05, 3.63) is 48.2 Å². The highest BCUT2D eigenvalue weighted by Gasteiger charge is 2.17. The highest BCUT2D eigenvalue weighted by Crippen LogP contribution is 2.18. The van der Waals surface area contributed by atoms with Gasteiger partial charge in [-0.05, 0) is 24.5 Å². The summed E-state index contributed by atoms with van der Waals surface area (Å²) in [5.41, 5.74) is 8.03. The van der Waals surface area contributed by atoms with Crippen molar-refractivity contribution in [2.45, 2.75) is 32.2 Å². The van der Waals surface area contributed by atoms with Gasteiger partial charge in [0.05, 0.1) is 6.61 Å². The van der Waals surface area contributed by atoms with Crippen LogP contribution in [0.4, 0.5) is 0 Å². The number of para-hydroxylation sites is 1. The molecule has 4 nitrogen and oxygen atoms in total. The Hall–Kier alpha value is -1.78. The van der Waals surface area contributed by atoms with Crippen LogP contribution in [-0.2, 0) is 16.0 Å². The summed E-state index contributed by atoms with van der Waals surface area (Å²) >= 11 is 0. The maximum absolute atomic E-state index is 11.9. The number of ether oxygens (including phenoxy) is 1. The zero-order valence-electron chi connectivity index (χ0n) is 12.7. The molecule has 0 spiro atoms. The van der Waals surface area contributed by atoms with E-state index in [1.165, 1.54) is 0 Å². The number of fused-ring (bicyclic) bond motifs is 1. The van der Waals surface area contributed by atoms with Crippen molar-refractivity contribution in [3.63, 3.8) is 0 Å². The summed E-state index contributed by atoms with van der Waals surface area (Å²) in [6.07, 6.45) is 8.18. The van der Waals surface area contributed by atoms with E-state index in [-0.39, 0.29) is 18.4 Å². The van der Waals surface area contributed by atoms with Gasteiger partial charge in [-0.2, -0.15) is 0 Å². The molecule has 120 valence electrons. The smallest absolute Gasteiger partial charge is 0.323 e. The molecule has 2 aromatic rings. The van der Waals surface area contributed by atoms with E-state index in [0.29, 0.717) is 13.0 Å². The topological polar surface area (TPSA) is 68.1 Å². The number of hydrogen-bond acceptors (Lipinski definition) is 3. The molecule has 0 bridgehead atoms. The summed E-state index contributed by atoms with van der Waals surface area (Å²) in [6, 6.07) is 7.35. The normalized spacial score (nSPS) is 12.3. The molecule has 2 rings (SSSR count). The molecule has 0 unspecified atom stereocenters. The number of esters is 1. The minimum atomic E-state index is -0.626. The first kappa shape index (κ1) is 18.3. The lowest BCUT2D eigenvalue weighted by Gasteiger charge is -2.10. The Bertz CT molecular complexity index is 622. The van der Waals surface area contributed by atoms with Gasteiger partial charge in [-0.3, -0.25) is 4.79 Å². The number of hydrogen-bond donors (Lipinski definition) is 2. The van der Waals surface area contributed by atoms with Gasteiger partial charge >= 0.3 is 5.97 Å². The van der Waals surface area contributed by atoms with Gasteiger partial charge < -0.3 is 15.5 Å². The third-order valence-electron chi connectivity index (χ3n) is 3.35. The molecule has 1 atom stereocenters. The third kappa shape index (κ3) is 4.90. The van der Waals surface area contributed by atoms with Gasteiger partial charge in [0.25, 0.3) is 0 Å². The summed E-state index contributed by atoms with van der Waals surface area (Å²) in [4.78, 5) is 15.0. The molecule has 5 heteroatoms. The number of halogens is 1. The number of carbonyl (C=O) groups excluding carboxylic acids is 1. The lowest BCUT2D eigenvalue weighted by molar-refractivity contribution is -0.145. The van der Waals surface area contributed by atoms with Crippen molar-refractivity contribution >= 4 is 29.3 Å². The predicted molar refractivity (Wildman–Crippen MR) is 92.2 cm³/mol. The molecular formula is C17H23ClN2O2. The minimum absolute atomic E-state index is 0. The lowest BCUT2D eigenvalue weighted by atomic mass is 10.1. The molecular weight excluding hydrogens is 300 g/mol. The van der Waals surface area contributed by atoms with Crippen molar-refractivity contribution < 1.29 is 9.53 Å². The fourth-order valence-electron chi connectivity index (χ4n) is 2.24. The molecule has 0 amide bonds. The van der Waals surface area contributed by atoms with Gasteiger partial charge in [0, 0.05) is 23.5 Å². The molecule has 1 aromatic carbocycles. The molecule has 22 heavy (non-hydrogen) atoms. The van der Waals surface area contributed by atoms with Crippen molar-refractivity contribution in [2.75, 3.05) is 6.61 Å². The summed E-state index contributed by atoms with van der Waals surface area (Å²) in [7, 11) is 0. The van der Waals surface area contributed by atoms with Crippen LogP contribution in [0, 0.1) is 0 Å². The van der Waals surface area contributed by atoms with Crippen LogP contribution < -0.4 is 5.73 Å². The van der Waals surface area contributed by atoms with Crippen molar-refractivity contribution in [2.24, 2.45) is 5.73 Å². The number of aromatic nitrogens is 1. The second-order valence-corrected chi connectivity index (χ2v) is 5.01. The van der Waals surface area contributed by atoms with E-state index in [4.69, 9.17) is 10.5 Å². The zero-order chi connectivity index (χ0) is 15.1. The fraction of sp³-hybridized carbons (Fsp3) is 0.353. The van der Waals surface area contributed by atoms with Crippen LogP contribution in [-0.4, -0.2) is 23.6 Å². The van der Waals surface area contributed by atoms with Crippen LogP contribution in [0.15, 0.2) is 42.6 Å². The van der Waals surface area contributed by atoms with E-state index < -0.39 is 6.04 Å². The van der Waals surface area contributed by atoms with Crippen LogP contribution in [0.3, 0.4) is 0 Å². The average Bonchev–Trinajstić information content (AvgIpc) is 2.90. The predicted octanol–water partition coefficient (Wildman–Crippen LogP) is 3.36. The van der Waals surface area contributed by atoms with E-state index in [2.05, 4.69) is 18.0 Å². The number of nitrogens with two attached hydrogens (primary N) is 1. The van der Waals surface area contributed by atoms with Crippen LogP contribution in [0.5, 0.6) is 0 Å². The zero-order valence-corrected chi connectivity index (χ0v) is 13.6. The Kier molecular flexibility index (Phi) is 7.71. The van der Waals surface area contributed by atoms with Gasteiger partial charge in [-0.25, -0.2) is 0 Å². The van der Waals surface area contributed by atoms with Crippen molar-refractivity contribution in [1.29, 1.82) is 0 Å². The minimum Gasteiger partial charge on any atom is -0.464 e. The van der Waals surface area contributed by atoms with Crippen LogP contribution in [0.25, 0.3) is 10.9 Å². The first-order valence-corrected chi connectivity index (χ1v) is 7.34. The molecule has 0 radical (unpaired) electrons. The number of nitrogens with one attached hydrogen (secondary N) is 1. The van der Waals surface area contributed by atoms with Gasteiger partial charge in [0.2, 0.25) is 0 Å². The Labute approximate surface area is 137 Å². The SMILES string of the molecule is CC/C=C\CCOC(=O)[C@@H](N)Cc1c[nH]c2ccccc12.Cl. The number of H-pyrrole nitrogens is 1. The highest BCUT2D eigenvalue weighted by molar-refractivity contribution is 5.85. The second kappa shape index (κ2) is 9.28. The monoisotopic (exact) mass is 322 g/mol. The molecule has 1 aromatic heterocycles. The van der Waals surface area contributed by atoms with Crippen LogP contribution >= 0.6 is 12.4 Å². The molecule has 0 aliphatic heterocycles. The van der Waals surface area contributed by atoms with E-state index >= 15 is 0 Å². The first-order chi connectivity index (χ1) is 10.2. The highest BCUT2D eigenvalue weighted by atomic mass is 35.5. The Morgan fingerprint density at radius 2 is 2.14 bits per heavy atom. The van der Waals surface area contributed by atoms with Gasteiger partial charge in [0.1, 0.15) is 6.04 Å². The molecule has 0 fully saturated rings. The Morgan fingerprint density at radius 3 is 2.91 bits per heavy atom. The number of rotatable bonds is 7. The van der Waals surface area contributed by atoms with E-state index in [1.54, 1.807) is 0 Å². The van der Waals surface area contributed by atoms with Crippen LogP contribution in [0.2, 0.25) is 0 Å². The maximum Gasteiger partial charge on any atom is 0.323 e. The fourth-order valence-corrected chi connectivity index (χ4v) is 2.24. The number of aromatic amines is 1. The second-order valence-electron chi connectivity index (χ2n) is 5.01. The first-order valence-electron chi connectivity index (χ1n) is 7.34. The van der Waals surface area contributed by atoms with E-state index in [0.717, 1.165) is 29.3 Å². The van der Waals surface area contributed by atoms with Crippen molar-refractivity contribution in [1.82, 2.24) is 4.98 Å². The van der Waals surface area contributed by atoms with Gasteiger partial charge in [-0.1, -0.05) is 37.3 Å². The van der Waals surface area contributed by atoms with Crippen LogP contribution in [0.1, 0.15) is 25.3 Å². The molecule has 0 aliphatic rings. The summed E-state index contributed by atoms with van der Waals surface area (Å²) in [5.74, 6) is -0.342. The summed E-state index contributed by atoms with van der Waals surface area (Å²) in [5, 5.41) is 1.10. The maximum atomic E-state index is 11.9. The van der Waals surface area contributed by atoms with Gasteiger partial charge in [0.15, 0.2) is 0 Å². The largest absolute Gasteiger partial charge is 0.464 e. The average molecular weight is 323 g/mol. The standard InChI is InChI=1S/C17H22N2O2.ClH/c1-2-3-4-7-10-21-17(20)15(18)11-13-12-19-16-9-6-5-8-14(13)16;/h3-6,8-9,12,15,19H,2,7,10-11,18H2,1H3;1H/b4-3-;/t15-;/m0./s1. The van der Waals surface area contributed by atoms with Crippen molar-refractivity contribution in [3.8, 4) is 0 Å². The van der Waals surface area contributed by atoms with E-state index in [1.807, 2.05) is 36.5 Å². The quantitative estimate of drug-likeness (QED) is 0.466. The molecule has 0 saturated heterocycles. The molecule has 1 heterocycles. The molecule has 0 saturated carbocycles.